The molecule has 1 N–H and O–H groups in total. The molecule has 1 aromatic rings. The van der Waals surface area contributed by atoms with Crippen molar-refractivity contribution in [2.45, 2.75) is 71.3 Å². The Balaban J connectivity index is 2.10. The number of rotatable bonds is 6. The van der Waals surface area contributed by atoms with Crippen LogP contribution < -0.4 is 5.32 Å². The van der Waals surface area contributed by atoms with Crippen LogP contribution >= 0.6 is 0 Å². The second-order valence-corrected chi connectivity index (χ2v) is 5.57. The Morgan fingerprint density at radius 3 is 2.79 bits per heavy atom. The number of hydrogen-bond donors (Lipinski definition) is 1. The minimum Gasteiger partial charge on any atom is -0.314 e. The zero-order valence-electron chi connectivity index (χ0n) is 12.4. The van der Waals surface area contributed by atoms with Gasteiger partial charge in [-0.05, 0) is 50.6 Å². The first-order chi connectivity index (χ1) is 9.35. The monoisotopic (exact) mass is 261 g/mol. The Labute approximate surface area is 117 Å². The molecule has 0 fully saturated rings. The van der Waals surface area contributed by atoms with E-state index in [0.29, 0.717) is 6.04 Å². The topological polar surface area (TPSA) is 37.8 Å². The van der Waals surface area contributed by atoms with Crippen molar-refractivity contribution < 1.29 is 0 Å². The number of fused-ring (bicyclic) bond motifs is 1. The number of aromatic nitrogens is 2. The standard InChI is InChI=1S/C16H27N3/c1-3-10-17-13(4-2)11-16-14-8-6-5-7-9-15(14)18-12-19-16/h12-13,17H,3-11H2,1-2H3. The lowest BCUT2D eigenvalue weighted by Crippen LogP contribution is -2.32. The van der Waals surface area contributed by atoms with Crippen LogP contribution in [0.4, 0.5) is 0 Å². The maximum atomic E-state index is 4.58. The molecule has 0 amide bonds. The van der Waals surface area contributed by atoms with E-state index in [0.717, 1.165) is 19.4 Å². The Kier molecular flexibility index (Phi) is 5.77. The summed E-state index contributed by atoms with van der Waals surface area (Å²) in [5, 5.41) is 3.63. The van der Waals surface area contributed by atoms with Crippen molar-refractivity contribution in [3.8, 4) is 0 Å². The van der Waals surface area contributed by atoms with Crippen molar-refractivity contribution in [1.29, 1.82) is 0 Å². The van der Waals surface area contributed by atoms with Crippen LogP contribution in [0.1, 0.15) is 62.9 Å². The first-order valence-electron chi connectivity index (χ1n) is 7.90. The molecule has 1 heterocycles. The van der Waals surface area contributed by atoms with E-state index in [1.54, 1.807) is 6.33 Å². The summed E-state index contributed by atoms with van der Waals surface area (Å²) in [5.74, 6) is 0. The van der Waals surface area contributed by atoms with E-state index < -0.39 is 0 Å². The van der Waals surface area contributed by atoms with Crippen molar-refractivity contribution in [3.63, 3.8) is 0 Å². The molecule has 2 rings (SSSR count). The highest BCUT2D eigenvalue weighted by atomic mass is 14.9. The van der Waals surface area contributed by atoms with Crippen molar-refractivity contribution in [2.24, 2.45) is 0 Å². The van der Waals surface area contributed by atoms with E-state index in [-0.39, 0.29) is 0 Å². The molecular formula is C16H27N3. The molecular weight excluding hydrogens is 234 g/mol. The van der Waals surface area contributed by atoms with Gasteiger partial charge in [0.1, 0.15) is 6.33 Å². The minimum absolute atomic E-state index is 0.558. The number of nitrogens with zero attached hydrogens (tertiary/aromatic N) is 2. The molecule has 3 heteroatoms. The number of nitrogens with one attached hydrogen (secondary N) is 1. The second kappa shape index (κ2) is 7.59. The largest absolute Gasteiger partial charge is 0.314 e. The molecule has 0 aromatic carbocycles. The molecule has 3 nitrogen and oxygen atoms in total. The summed E-state index contributed by atoms with van der Waals surface area (Å²) in [5.41, 5.74) is 4.06. The van der Waals surface area contributed by atoms with Crippen LogP contribution in [0.2, 0.25) is 0 Å². The third-order valence-corrected chi connectivity index (χ3v) is 4.08. The smallest absolute Gasteiger partial charge is 0.115 e. The van der Waals surface area contributed by atoms with Crippen LogP contribution in [0.5, 0.6) is 0 Å². The average Bonchev–Trinajstić information content (AvgIpc) is 2.69. The zero-order valence-corrected chi connectivity index (χ0v) is 12.4. The quantitative estimate of drug-likeness (QED) is 0.800. The molecule has 0 spiro atoms. The summed E-state index contributed by atoms with van der Waals surface area (Å²) in [6.45, 7) is 5.58. The van der Waals surface area contributed by atoms with Gasteiger partial charge in [-0.15, -0.1) is 0 Å². The van der Waals surface area contributed by atoms with Crippen LogP contribution in [0.15, 0.2) is 6.33 Å². The van der Waals surface area contributed by atoms with Gasteiger partial charge in [0, 0.05) is 23.9 Å². The minimum atomic E-state index is 0.558. The summed E-state index contributed by atoms with van der Waals surface area (Å²) in [6, 6.07) is 0.558. The SMILES string of the molecule is CCCNC(CC)Cc1ncnc2c1CCCCC2. The van der Waals surface area contributed by atoms with Crippen LogP contribution in [0.25, 0.3) is 0 Å². The molecule has 0 aliphatic heterocycles. The molecule has 1 atom stereocenters. The Morgan fingerprint density at radius 2 is 2.00 bits per heavy atom. The lowest BCUT2D eigenvalue weighted by Gasteiger charge is -2.18. The molecule has 19 heavy (non-hydrogen) atoms. The van der Waals surface area contributed by atoms with E-state index in [1.807, 2.05) is 0 Å². The van der Waals surface area contributed by atoms with E-state index >= 15 is 0 Å². The van der Waals surface area contributed by atoms with E-state index in [9.17, 15) is 0 Å². The van der Waals surface area contributed by atoms with Crippen LogP contribution in [0.3, 0.4) is 0 Å². The number of aryl methyl sites for hydroxylation is 1. The van der Waals surface area contributed by atoms with E-state index in [1.165, 1.54) is 55.5 Å². The van der Waals surface area contributed by atoms with Gasteiger partial charge < -0.3 is 5.32 Å². The molecule has 0 radical (unpaired) electrons. The Morgan fingerprint density at radius 1 is 1.16 bits per heavy atom. The van der Waals surface area contributed by atoms with Gasteiger partial charge in [0.2, 0.25) is 0 Å². The normalized spacial score (nSPS) is 16.7. The molecule has 1 aromatic heterocycles. The third-order valence-electron chi connectivity index (χ3n) is 4.08. The third kappa shape index (κ3) is 4.00. The molecule has 0 bridgehead atoms. The van der Waals surface area contributed by atoms with E-state index in [2.05, 4.69) is 29.1 Å². The van der Waals surface area contributed by atoms with Crippen molar-refractivity contribution in [3.05, 3.63) is 23.3 Å². The fourth-order valence-electron chi connectivity index (χ4n) is 2.88. The lowest BCUT2D eigenvalue weighted by atomic mass is 10.00. The van der Waals surface area contributed by atoms with Gasteiger partial charge in [-0.1, -0.05) is 20.3 Å². The van der Waals surface area contributed by atoms with Crippen LogP contribution in [-0.4, -0.2) is 22.6 Å². The Hall–Kier alpha value is -0.960. The van der Waals surface area contributed by atoms with Crippen LogP contribution in [0, 0.1) is 0 Å². The molecule has 1 aliphatic rings. The maximum Gasteiger partial charge on any atom is 0.115 e. The van der Waals surface area contributed by atoms with Gasteiger partial charge >= 0.3 is 0 Å². The molecule has 0 saturated carbocycles. The van der Waals surface area contributed by atoms with Crippen molar-refractivity contribution in [2.75, 3.05) is 6.54 Å². The summed E-state index contributed by atoms with van der Waals surface area (Å²) in [6.07, 6.45) is 11.4. The average molecular weight is 261 g/mol. The van der Waals surface area contributed by atoms with Gasteiger partial charge in [0.25, 0.3) is 0 Å². The number of hydrogen-bond acceptors (Lipinski definition) is 3. The first-order valence-corrected chi connectivity index (χ1v) is 7.90. The summed E-state index contributed by atoms with van der Waals surface area (Å²) in [7, 11) is 0. The Bertz CT molecular complexity index is 390. The summed E-state index contributed by atoms with van der Waals surface area (Å²) < 4.78 is 0. The van der Waals surface area contributed by atoms with Crippen molar-refractivity contribution in [1.82, 2.24) is 15.3 Å². The second-order valence-electron chi connectivity index (χ2n) is 5.57. The highest BCUT2D eigenvalue weighted by molar-refractivity contribution is 5.26. The predicted octanol–water partition coefficient (Wildman–Crippen LogP) is 3.07. The fourth-order valence-corrected chi connectivity index (χ4v) is 2.88. The highest BCUT2D eigenvalue weighted by Crippen LogP contribution is 2.21. The van der Waals surface area contributed by atoms with Gasteiger partial charge in [-0.2, -0.15) is 0 Å². The summed E-state index contributed by atoms with van der Waals surface area (Å²) in [4.78, 5) is 9.08. The van der Waals surface area contributed by atoms with Gasteiger partial charge in [-0.25, -0.2) is 9.97 Å². The molecule has 1 aliphatic carbocycles. The predicted molar refractivity (Wildman–Crippen MR) is 79.4 cm³/mol. The van der Waals surface area contributed by atoms with Gasteiger partial charge in [0.15, 0.2) is 0 Å². The first kappa shape index (κ1) is 14.4. The lowest BCUT2D eigenvalue weighted by molar-refractivity contribution is 0.488. The molecule has 106 valence electrons. The van der Waals surface area contributed by atoms with Gasteiger partial charge in [-0.3, -0.25) is 0 Å². The zero-order chi connectivity index (χ0) is 13.5. The summed E-state index contributed by atoms with van der Waals surface area (Å²) >= 11 is 0. The molecule has 0 saturated heterocycles. The highest BCUT2D eigenvalue weighted by Gasteiger charge is 2.16. The van der Waals surface area contributed by atoms with Crippen LogP contribution in [-0.2, 0) is 19.3 Å². The molecule has 1 unspecified atom stereocenters. The van der Waals surface area contributed by atoms with E-state index in [4.69, 9.17) is 0 Å². The maximum absolute atomic E-state index is 4.58. The van der Waals surface area contributed by atoms with Crippen molar-refractivity contribution >= 4 is 0 Å². The fraction of sp³-hybridized carbons (Fsp3) is 0.750. The van der Waals surface area contributed by atoms with Gasteiger partial charge in [0.05, 0.1) is 0 Å².